The van der Waals surface area contributed by atoms with Crippen LogP contribution in [0.5, 0.6) is 0 Å². The van der Waals surface area contributed by atoms with Crippen LogP contribution >= 0.6 is 23.7 Å². The Kier molecular flexibility index (Phi) is 4.68. The van der Waals surface area contributed by atoms with Gasteiger partial charge < -0.3 is 5.73 Å². The molecule has 1 fully saturated rings. The minimum absolute atomic E-state index is 0. The van der Waals surface area contributed by atoms with Gasteiger partial charge >= 0.3 is 0 Å². The number of thiazole rings is 1. The molecule has 0 atom stereocenters. The predicted octanol–water partition coefficient (Wildman–Crippen LogP) is 3.41. The van der Waals surface area contributed by atoms with Gasteiger partial charge in [-0.25, -0.2) is 4.98 Å². The van der Waals surface area contributed by atoms with Crippen LogP contribution in [0.4, 0.5) is 5.13 Å². The second-order valence-electron chi connectivity index (χ2n) is 6.82. The lowest BCUT2D eigenvalue weighted by molar-refractivity contribution is 0.0236. The van der Waals surface area contributed by atoms with Gasteiger partial charge in [-0.05, 0) is 17.3 Å². The maximum absolute atomic E-state index is 5.68. The molecule has 1 aliphatic rings. The maximum Gasteiger partial charge on any atom is 0.180 e. The Morgan fingerprint density at radius 1 is 1.28 bits per heavy atom. The van der Waals surface area contributed by atoms with E-state index in [9.17, 15) is 0 Å². The van der Waals surface area contributed by atoms with E-state index in [-0.39, 0.29) is 12.4 Å². The summed E-state index contributed by atoms with van der Waals surface area (Å²) in [4.78, 5) is 7.94. The molecule has 0 aromatic carbocycles. The molecule has 0 bridgehead atoms. The average Bonchev–Trinajstić information content (AvgIpc) is 2.44. The summed E-state index contributed by atoms with van der Waals surface area (Å²) in [5.41, 5.74) is 6.48. The van der Waals surface area contributed by atoms with E-state index < -0.39 is 0 Å². The molecular weight excluding hydrogens is 266 g/mol. The molecule has 3 nitrogen and oxygen atoms in total. The van der Waals surface area contributed by atoms with Crippen LogP contribution in [0.3, 0.4) is 0 Å². The number of anilines is 1. The van der Waals surface area contributed by atoms with Crippen molar-refractivity contribution in [2.45, 2.75) is 40.7 Å². The molecule has 104 valence electrons. The Labute approximate surface area is 120 Å². The molecule has 2 rings (SSSR count). The third kappa shape index (κ3) is 4.11. The molecule has 1 saturated heterocycles. The first-order valence-electron chi connectivity index (χ1n) is 6.18. The predicted molar refractivity (Wildman–Crippen MR) is 81.2 cm³/mol. The molecule has 0 unspecified atom stereocenters. The molecule has 0 radical (unpaired) electrons. The second kappa shape index (κ2) is 5.35. The van der Waals surface area contributed by atoms with Gasteiger partial charge in [0.05, 0.1) is 0 Å². The summed E-state index contributed by atoms with van der Waals surface area (Å²) in [5.74, 6) is 0. The van der Waals surface area contributed by atoms with Crippen LogP contribution in [-0.2, 0) is 6.54 Å². The zero-order chi connectivity index (χ0) is 12.7. The third-order valence-corrected chi connectivity index (χ3v) is 4.02. The van der Waals surface area contributed by atoms with Gasteiger partial charge in [-0.1, -0.05) is 27.7 Å². The number of rotatable bonds is 2. The van der Waals surface area contributed by atoms with E-state index in [0.29, 0.717) is 16.0 Å². The second-order valence-corrected chi connectivity index (χ2v) is 7.96. The molecule has 2 N–H and O–H groups in total. The van der Waals surface area contributed by atoms with Crippen LogP contribution in [0.25, 0.3) is 0 Å². The monoisotopic (exact) mass is 289 g/mol. The van der Waals surface area contributed by atoms with Gasteiger partial charge in [0.25, 0.3) is 0 Å². The zero-order valence-corrected chi connectivity index (χ0v) is 13.3. The number of piperidine rings is 1. The van der Waals surface area contributed by atoms with Crippen molar-refractivity contribution in [2.24, 2.45) is 10.8 Å². The highest BCUT2D eigenvalue weighted by atomic mass is 35.5. The quantitative estimate of drug-likeness (QED) is 0.907. The number of hydrogen-bond donors (Lipinski definition) is 1. The molecule has 5 heteroatoms. The van der Waals surface area contributed by atoms with Gasteiger partial charge in [-0.15, -0.1) is 23.7 Å². The standard InChI is InChI=1S/C13H23N3S.ClH/c1-12(2)7-13(3,4)9-16(8-12)6-10-5-15-11(14)17-10;/h5H,6-9H2,1-4H3,(H2,14,15);1H. The average molecular weight is 290 g/mol. The largest absolute Gasteiger partial charge is 0.375 e. The van der Waals surface area contributed by atoms with E-state index in [0.717, 1.165) is 19.6 Å². The molecule has 0 saturated carbocycles. The fourth-order valence-corrected chi connectivity index (χ4v) is 4.13. The maximum atomic E-state index is 5.68. The lowest BCUT2D eigenvalue weighted by Crippen LogP contribution is -2.47. The number of aromatic nitrogens is 1. The smallest absolute Gasteiger partial charge is 0.180 e. The van der Waals surface area contributed by atoms with Crippen LogP contribution in [0.1, 0.15) is 39.0 Å². The number of halogens is 1. The Balaban J connectivity index is 0.00000162. The van der Waals surface area contributed by atoms with Crippen LogP contribution in [0.15, 0.2) is 6.20 Å². The first kappa shape index (κ1) is 15.7. The number of hydrogen-bond acceptors (Lipinski definition) is 4. The summed E-state index contributed by atoms with van der Waals surface area (Å²) in [7, 11) is 0. The van der Waals surface area contributed by atoms with Crippen molar-refractivity contribution >= 4 is 28.9 Å². The summed E-state index contributed by atoms with van der Waals surface area (Å²) in [6, 6.07) is 0. The Morgan fingerprint density at radius 2 is 1.83 bits per heavy atom. The minimum Gasteiger partial charge on any atom is -0.375 e. The Morgan fingerprint density at radius 3 is 2.28 bits per heavy atom. The Hall–Kier alpha value is -0.320. The van der Waals surface area contributed by atoms with Crippen LogP contribution < -0.4 is 5.73 Å². The van der Waals surface area contributed by atoms with Gasteiger partial charge in [0.15, 0.2) is 5.13 Å². The van der Waals surface area contributed by atoms with Crippen molar-refractivity contribution in [3.05, 3.63) is 11.1 Å². The first-order valence-corrected chi connectivity index (χ1v) is 7.00. The van der Waals surface area contributed by atoms with Gasteiger partial charge in [0.2, 0.25) is 0 Å². The lowest BCUT2D eigenvalue weighted by atomic mass is 9.71. The zero-order valence-electron chi connectivity index (χ0n) is 11.7. The molecule has 0 spiro atoms. The van der Waals surface area contributed by atoms with E-state index in [2.05, 4.69) is 37.6 Å². The van der Waals surface area contributed by atoms with Crippen LogP contribution in [0.2, 0.25) is 0 Å². The minimum atomic E-state index is 0. The highest BCUT2D eigenvalue weighted by molar-refractivity contribution is 7.15. The van der Waals surface area contributed by atoms with E-state index in [1.54, 1.807) is 11.3 Å². The topological polar surface area (TPSA) is 42.2 Å². The van der Waals surface area contributed by atoms with Crippen molar-refractivity contribution in [2.75, 3.05) is 18.8 Å². The molecular formula is C13H24ClN3S. The highest BCUT2D eigenvalue weighted by Gasteiger charge is 2.37. The van der Waals surface area contributed by atoms with Gasteiger partial charge in [0, 0.05) is 30.7 Å². The van der Waals surface area contributed by atoms with E-state index >= 15 is 0 Å². The lowest BCUT2D eigenvalue weighted by Gasteiger charge is -2.46. The Bertz CT molecular complexity index is 385. The van der Waals surface area contributed by atoms with Crippen molar-refractivity contribution in [1.29, 1.82) is 0 Å². The molecule has 18 heavy (non-hydrogen) atoms. The number of nitrogens with zero attached hydrogens (tertiary/aromatic N) is 2. The molecule has 1 aromatic rings. The molecule has 1 aliphatic heterocycles. The SMILES string of the molecule is CC1(C)CN(Cc2cnc(N)s2)CC(C)(C)C1.Cl. The summed E-state index contributed by atoms with van der Waals surface area (Å²) in [5, 5.41) is 0.676. The number of nitrogen functional groups attached to an aromatic ring is 1. The molecule has 1 aromatic heterocycles. The van der Waals surface area contributed by atoms with Crippen molar-refractivity contribution in [3.8, 4) is 0 Å². The van der Waals surface area contributed by atoms with Gasteiger partial charge in [-0.3, -0.25) is 4.90 Å². The summed E-state index contributed by atoms with van der Waals surface area (Å²) < 4.78 is 0. The van der Waals surface area contributed by atoms with Crippen LogP contribution in [0, 0.1) is 10.8 Å². The normalized spacial score (nSPS) is 22.4. The van der Waals surface area contributed by atoms with Crippen LogP contribution in [-0.4, -0.2) is 23.0 Å². The number of nitrogens with two attached hydrogens (primary N) is 1. The van der Waals surface area contributed by atoms with Crippen molar-refractivity contribution in [3.63, 3.8) is 0 Å². The number of likely N-dealkylation sites (tertiary alicyclic amines) is 1. The van der Waals surface area contributed by atoms with Crippen molar-refractivity contribution in [1.82, 2.24) is 9.88 Å². The summed E-state index contributed by atoms with van der Waals surface area (Å²) >= 11 is 1.61. The van der Waals surface area contributed by atoms with Gasteiger partial charge in [-0.2, -0.15) is 0 Å². The molecule has 2 heterocycles. The van der Waals surface area contributed by atoms with Crippen molar-refractivity contribution < 1.29 is 0 Å². The molecule has 0 aliphatic carbocycles. The summed E-state index contributed by atoms with van der Waals surface area (Å²) in [6.45, 7) is 12.8. The fraction of sp³-hybridized carbons (Fsp3) is 0.769. The third-order valence-electron chi connectivity index (χ3n) is 3.21. The highest BCUT2D eigenvalue weighted by Crippen LogP contribution is 2.40. The fourth-order valence-electron chi connectivity index (χ4n) is 3.40. The van der Waals surface area contributed by atoms with E-state index in [1.165, 1.54) is 11.3 Å². The first-order chi connectivity index (χ1) is 7.76. The summed E-state index contributed by atoms with van der Waals surface area (Å²) in [6.07, 6.45) is 3.20. The molecule has 0 amide bonds. The van der Waals surface area contributed by atoms with E-state index in [1.807, 2.05) is 6.20 Å². The van der Waals surface area contributed by atoms with E-state index in [4.69, 9.17) is 5.73 Å². The van der Waals surface area contributed by atoms with Gasteiger partial charge in [0.1, 0.15) is 0 Å².